The molecule has 5 nitrogen and oxygen atoms in total. The predicted molar refractivity (Wildman–Crippen MR) is 105 cm³/mol. The standard InChI is InChI=1S/C19H23ClN2O3S/c1-12-6-8-15(26(24,25)22-19(3,4)5)11-16(12)18(23)21-17-9-7-14(20)10-13(17)2/h6-11,22H,1-5H3,(H,21,23). The first-order valence-corrected chi connectivity index (χ1v) is 9.97. The van der Waals surface area contributed by atoms with Crippen molar-refractivity contribution in [3.05, 3.63) is 58.1 Å². The molecule has 140 valence electrons. The minimum Gasteiger partial charge on any atom is -0.322 e. The summed E-state index contributed by atoms with van der Waals surface area (Å²) in [6, 6.07) is 9.66. The normalized spacial score (nSPS) is 12.1. The molecule has 2 aromatic rings. The van der Waals surface area contributed by atoms with Gasteiger partial charge in [0.1, 0.15) is 0 Å². The molecular formula is C19H23ClN2O3S. The maximum Gasteiger partial charge on any atom is 0.255 e. The second kappa shape index (κ2) is 7.39. The highest BCUT2D eigenvalue weighted by molar-refractivity contribution is 7.89. The molecule has 0 heterocycles. The van der Waals surface area contributed by atoms with Crippen molar-refractivity contribution < 1.29 is 13.2 Å². The van der Waals surface area contributed by atoms with Crippen molar-refractivity contribution in [2.24, 2.45) is 0 Å². The van der Waals surface area contributed by atoms with E-state index in [-0.39, 0.29) is 10.8 Å². The fourth-order valence-corrected chi connectivity index (χ4v) is 4.10. The number of benzene rings is 2. The SMILES string of the molecule is Cc1cc(Cl)ccc1NC(=O)c1cc(S(=O)(=O)NC(C)(C)C)ccc1C. The largest absolute Gasteiger partial charge is 0.322 e. The number of aryl methyl sites for hydroxylation is 2. The van der Waals surface area contributed by atoms with Crippen LogP contribution in [-0.4, -0.2) is 19.9 Å². The highest BCUT2D eigenvalue weighted by atomic mass is 35.5. The molecule has 0 aromatic heterocycles. The number of anilines is 1. The molecule has 7 heteroatoms. The number of carbonyl (C=O) groups excluding carboxylic acids is 1. The van der Waals surface area contributed by atoms with Crippen LogP contribution in [-0.2, 0) is 10.0 Å². The molecule has 2 N–H and O–H groups in total. The van der Waals surface area contributed by atoms with Gasteiger partial charge in [0, 0.05) is 21.8 Å². The molecule has 0 radical (unpaired) electrons. The molecule has 0 bridgehead atoms. The number of hydrogen-bond acceptors (Lipinski definition) is 3. The maximum absolute atomic E-state index is 12.7. The van der Waals surface area contributed by atoms with Gasteiger partial charge >= 0.3 is 0 Å². The first-order valence-electron chi connectivity index (χ1n) is 8.11. The van der Waals surface area contributed by atoms with Gasteiger partial charge < -0.3 is 5.32 Å². The van der Waals surface area contributed by atoms with Gasteiger partial charge in [-0.25, -0.2) is 13.1 Å². The second-order valence-corrected chi connectivity index (χ2v) is 9.36. The molecule has 0 saturated carbocycles. The third kappa shape index (κ3) is 5.06. The topological polar surface area (TPSA) is 75.3 Å². The molecule has 0 unspecified atom stereocenters. The lowest BCUT2D eigenvalue weighted by Gasteiger charge is -2.20. The van der Waals surface area contributed by atoms with Gasteiger partial charge in [-0.15, -0.1) is 0 Å². The van der Waals surface area contributed by atoms with Gasteiger partial charge in [0.2, 0.25) is 10.0 Å². The number of carbonyl (C=O) groups is 1. The minimum atomic E-state index is -3.72. The zero-order valence-corrected chi connectivity index (χ0v) is 17.0. The van der Waals surface area contributed by atoms with Crippen LogP contribution in [0.5, 0.6) is 0 Å². The lowest BCUT2D eigenvalue weighted by molar-refractivity contribution is 0.102. The van der Waals surface area contributed by atoms with E-state index in [4.69, 9.17) is 11.6 Å². The summed E-state index contributed by atoms with van der Waals surface area (Å²) in [5.74, 6) is -0.374. The summed E-state index contributed by atoms with van der Waals surface area (Å²) in [7, 11) is -3.72. The minimum absolute atomic E-state index is 0.0519. The molecule has 1 amide bonds. The fourth-order valence-electron chi connectivity index (χ4n) is 2.43. The van der Waals surface area contributed by atoms with E-state index in [1.807, 2.05) is 6.92 Å². The van der Waals surface area contributed by atoms with Gasteiger partial charge in [-0.3, -0.25) is 4.79 Å². The average molecular weight is 395 g/mol. The highest BCUT2D eigenvalue weighted by Crippen LogP contribution is 2.22. The van der Waals surface area contributed by atoms with Crippen molar-refractivity contribution in [3.63, 3.8) is 0 Å². The maximum atomic E-state index is 12.7. The number of rotatable bonds is 4. The first kappa shape index (κ1) is 20.4. The van der Waals surface area contributed by atoms with Crippen LogP contribution in [0.25, 0.3) is 0 Å². The Bertz CT molecular complexity index is 948. The predicted octanol–water partition coefficient (Wildman–Crippen LogP) is 4.29. The van der Waals surface area contributed by atoms with Crippen molar-refractivity contribution in [2.75, 3.05) is 5.32 Å². The van der Waals surface area contributed by atoms with Gasteiger partial charge in [-0.05, 0) is 76.1 Å². The van der Waals surface area contributed by atoms with E-state index < -0.39 is 15.6 Å². The number of hydrogen-bond donors (Lipinski definition) is 2. The Balaban J connectivity index is 2.36. The van der Waals surface area contributed by atoms with Crippen LogP contribution in [0.3, 0.4) is 0 Å². The second-order valence-electron chi connectivity index (χ2n) is 7.25. The van der Waals surface area contributed by atoms with Crippen LogP contribution in [0.15, 0.2) is 41.3 Å². The Morgan fingerprint density at radius 2 is 1.65 bits per heavy atom. The Morgan fingerprint density at radius 1 is 1.00 bits per heavy atom. The summed E-state index contributed by atoms with van der Waals surface area (Å²) in [5, 5.41) is 3.39. The van der Waals surface area contributed by atoms with E-state index >= 15 is 0 Å². The quantitative estimate of drug-likeness (QED) is 0.812. The van der Waals surface area contributed by atoms with Crippen LogP contribution in [0.4, 0.5) is 5.69 Å². The van der Waals surface area contributed by atoms with Gasteiger partial charge in [0.15, 0.2) is 0 Å². The lowest BCUT2D eigenvalue weighted by Crippen LogP contribution is -2.40. The number of amides is 1. The average Bonchev–Trinajstić information content (AvgIpc) is 2.47. The van der Waals surface area contributed by atoms with E-state index in [0.717, 1.165) is 5.56 Å². The first-order chi connectivity index (χ1) is 11.9. The molecule has 0 aliphatic rings. The summed E-state index contributed by atoms with van der Waals surface area (Å²) in [4.78, 5) is 12.7. The van der Waals surface area contributed by atoms with Crippen LogP contribution < -0.4 is 10.0 Å². The van der Waals surface area contributed by atoms with E-state index in [1.54, 1.807) is 52.0 Å². The van der Waals surface area contributed by atoms with Crippen molar-refractivity contribution in [1.82, 2.24) is 4.72 Å². The summed E-state index contributed by atoms with van der Waals surface area (Å²) in [6.07, 6.45) is 0. The molecule has 0 fully saturated rings. The van der Waals surface area contributed by atoms with Crippen LogP contribution in [0.2, 0.25) is 5.02 Å². The Hall–Kier alpha value is -1.89. The molecule has 0 spiro atoms. The summed E-state index contributed by atoms with van der Waals surface area (Å²) in [6.45, 7) is 8.88. The molecule has 0 aliphatic carbocycles. The lowest BCUT2D eigenvalue weighted by atomic mass is 10.1. The zero-order chi connectivity index (χ0) is 19.7. The Kier molecular flexibility index (Phi) is 5.80. The van der Waals surface area contributed by atoms with E-state index in [0.29, 0.717) is 21.8 Å². The van der Waals surface area contributed by atoms with Crippen LogP contribution in [0, 0.1) is 13.8 Å². The van der Waals surface area contributed by atoms with Gasteiger partial charge in [0.25, 0.3) is 5.91 Å². The Labute approximate surface area is 159 Å². The van der Waals surface area contributed by atoms with Gasteiger partial charge in [-0.1, -0.05) is 17.7 Å². The highest BCUT2D eigenvalue weighted by Gasteiger charge is 2.23. The van der Waals surface area contributed by atoms with Crippen molar-refractivity contribution in [1.29, 1.82) is 0 Å². The number of halogens is 1. The summed E-state index contributed by atoms with van der Waals surface area (Å²) < 4.78 is 27.6. The number of sulfonamides is 1. The molecule has 0 aliphatic heterocycles. The van der Waals surface area contributed by atoms with Gasteiger partial charge in [-0.2, -0.15) is 0 Å². The van der Waals surface area contributed by atoms with Gasteiger partial charge in [0.05, 0.1) is 4.90 Å². The Morgan fingerprint density at radius 3 is 2.23 bits per heavy atom. The van der Waals surface area contributed by atoms with Crippen molar-refractivity contribution in [2.45, 2.75) is 45.1 Å². The monoisotopic (exact) mass is 394 g/mol. The van der Waals surface area contributed by atoms with E-state index in [2.05, 4.69) is 10.0 Å². The van der Waals surface area contributed by atoms with E-state index in [9.17, 15) is 13.2 Å². The molecule has 0 atom stereocenters. The summed E-state index contributed by atoms with van der Waals surface area (Å²) in [5.41, 5.74) is 1.81. The van der Waals surface area contributed by atoms with E-state index in [1.165, 1.54) is 12.1 Å². The summed E-state index contributed by atoms with van der Waals surface area (Å²) >= 11 is 5.93. The zero-order valence-electron chi connectivity index (χ0n) is 15.5. The molecule has 2 aromatic carbocycles. The number of nitrogens with one attached hydrogen (secondary N) is 2. The molecular weight excluding hydrogens is 372 g/mol. The van der Waals surface area contributed by atoms with Crippen molar-refractivity contribution >= 4 is 33.2 Å². The van der Waals surface area contributed by atoms with Crippen LogP contribution >= 0.6 is 11.6 Å². The van der Waals surface area contributed by atoms with Crippen molar-refractivity contribution in [3.8, 4) is 0 Å². The third-order valence-corrected chi connectivity index (χ3v) is 5.63. The fraction of sp³-hybridized carbons (Fsp3) is 0.316. The van der Waals surface area contributed by atoms with Crippen LogP contribution in [0.1, 0.15) is 42.3 Å². The smallest absolute Gasteiger partial charge is 0.255 e. The molecule has 2 rings (SSSR count). The molecule has 0 saturated heterocycles. The molecule has 26 heavy (non-hydrogen) atoms. The third-order valence-electron chi connectivity index (χ3n) is 3.64.